The summed E-state index contributed by atoms with van der Waals surface area (Å²) in [6.45, 7) is 1.66. The van der Waals surface area contributed by atoms with Gasteiger partial charge in [0, 0.05) is 42.1 Å². The molecular weight excluding hydrogens is 628 g/mol. The SMILES string of the molecule is CCS(=O)(=O)Nc1cc2oc(-c3ccc(F)cc3)c(C(=O)/N=C\N(C)C)c2cc1-c1ccc2c(n1)-c1cc3c(F)cccc3n1CO2. The van der Waals surface area contributed by atoms with Gasteiger partial charge in [0.05, 0.1) is 40.2 Å². The van der Waals surface area contributed by atoms with Crippen LogP contribution < -0.4 is 9.46 Å². The van der Waals surface area contributed by atoms with Crippen LogP contribution in [0, 0.1) is 11.6 Å². The smallest absolute Gasteiger partial charge is 0.282 e. The number of fused-ring (bicyclic) bond motifs is 6. The molecule has 0 bridgehead atoms. The van der Waals surface area contributed by atoms with E-state index in [4.69, 9.17) is 14.1 Å². The molecule has 0 spiro atoms. The van der Waals surface area contributed by atoms with Crippen LogP contribution >= 0.6 is 0 Å². The summed E-state index contributed by atoms with van der Waals surface area (Å²) < 4.78 is 70.8. The van der Waals surface area contributed by atoms with Crippen LogP contribution in [0.1, 0.15) is 17.3 Å². The summed E-state index contributed by atoms with van der Waals surface area (Å²) in [7, 11) is -0.348. The Morgan fingerprint density at radius 3 is 2.60 bits per heavy atom. The van der Waals surface area contributed by atoms with Crippen molar-refractivity contribution in [2.45, 2.75) is 13.7 Å². The van der Waals surface area contributed by atoms with E-state index >= 15 is 0 Å². The van der Waals surface area contributed by atoms with Gasteiger partial charge in [0.2, 0.25) is 10.0 Å². The molecule has 0 aliphatic carbocycles. The zero-order valence-electron chi connectivity index (χ0n) is 25.4. The third kappa shape index (κ3) is 5.37. The van der Waals surface area contributed by atoms with Crippen LogP contribution in [-0.4, -0.2) is 55.0 Å². The molecule has 0 fully saturated rings. The lowest BCUT2D eigenvalue weighted by molar-refractivity contribution is 0.100. The molecule has 4 heterocycles. The molecule has 0 unspecified atom stereocenters. The van der Waals surface area contributed by atoms with Crippen molar-refractivity contribution < 1.29 is 31.1 Å². The van der Waals surface area contributed by atoms with Gasteiger partial charge in [-0.25, -0.2) is 22.2 Å². The van der Waals surface area contributed by atoms with E-state index in [1.54, 1.807) is 55.4 Å². The topological polar surface area (TPSA) is 119 Å². The number of nitrogens with zero attached hydrogens (tertiary/aromatic N) is 4. The number of halogens is 2. The fourth-order valence-electron chi connectivity index (χ4n) is 5.54. The molecule has 6 aromatic rings. The number of aliphatic imine (C=N–C) groups is 1. The third-order valence-electron chi connectivity index (χ3n) is 7.82. The minimum absolute atomic E-state index is 0.104. The molecule has 13 heteroatoms. The number of anilines is 1. The zero-order chi connectivity index (χ0) is 33.0. The minimum atomic E-state index is -3.78. The maximum Gasteiger partial charge on any atom is 0.282 e. The van der Waals surface area contributed by atoms with Gasteiger partial charge in [0.25, 0.3) is 5.91 Å². The van der Waals surface area contributed by atoms with E-state index in [0.29, 0.717) is 50.2 Å². The Bertz CT molecular complexity index is 2360. The molecular formula is C34H27F2N5O5S. The highest BCUT2D eigenvalue weighted by Crippen LogP contribution is 2.43. The summed E-state index contributed by atoms with van der Waals surface area (Å²) in [6.07, 6.45) is 1.35. The maximum absolute atomic E-state index is 14.7. The molecule has 238 valence electrons. The summed E-state index contributed by atoms with van der Waals surface area (Å²) in [6, 6.07) is 18.4. The Balaban J connectivity index is 1.48. The summed E-state index contributed by atoms with van der Waals surface area (Å²) >= 11 is 0. The van der Waals surface area contributed by atoms with Gasteiger partial charge < -0.3 is 18.6 Å². The van der Waals surface area contributed by atoms with Crippen molar-refractivity contribution in [3.05, 3.63) is 90.0 Å². The molecule has 1 aliphatic heterocycles. The fraction of sp³-hybridized carbons (Fsp3) is 0.147. The number of benzene rings is 3. The van der Waals surface area contributed by atoms with Gasteiger partial charge in [-0.15, -0.1) is 0 Å². The number of hydrogen-bond acceptors (Lipinski definition) is 6. The predicted octanol–water partition coefficient (Wildman–Crippen LogP) is 6.90. The molecule has 1 N–H and O–H groups in total. The van der Waals surface area contributed by atoms with E-state index in [1.165, 1.54) is 49.7 Å². The molecule has 0 atom stereocenters. The average Bonchev–Trinajstić information content (AvgIpc) is 3.63. The average molecular weight is 656 g/mol. The van der Waals surface area contributed by atoms with Crippen molar-refractivity contribution in [3.8, 4) is 39.7 Å². The van der Waals surface area contributed by atoms with E-state index in [-0.39, 0.29) is 40.9 Å². The van der Waals surface area contributed by atoms with Crippen molar-refractivity contribution in [1.29, 1.82) is 0 Å². The van der Waals surface area contributed by atoms with Crippen LogP contribution in [0.15, 0.2) is 82.2 Å². The molecule has 10 nitrogen and oxygen atoms in total. The van der Waals surface area contributed by atoms with Gasteiger partial charge in [-0.1, -0.05) is 6.07 Å². The number of pyridine rings is 1. The van der Waals surface area contributed by atoms with Crippen molar-refractivity contribution in [3.63, 3.8) is 0 Å². The molecule has 3 aromatic carbocycles. The largest absolute Gasteiger partial charge is 0.470 e. The van der Waals surface area contributed by atoms with Crippen molar-refractivity contribution >= 4 is 49.8 Å². The standard InChI is InChI=1S/C34H27F2N5O5S/c1-4-47(43,44)39-26-16-30-23(31(34(42)37-17-40(2)3)33(46-30)19-8-10-20(35)11-9-19)14-22(26)25-12-13-29-32(38-25)28-15-21-24(36)6-5-7-27(21)41(28)18-45-29/h5-17,39H,4,18H2,1-3H3/b37-17-. The first-order chi connectivity index (χ1) is 22.5. The lowest BCUT2D eigenvalue weighted by Gasteiger charge is -2.21. The molecule has 0 saturated carbocycles. The van der Waals surface area contributed by atoms with Crippen molar-refractivity contribution in [2.24, 2.45) is 4.99 Å². The maximum atomic E-state index is 14.7. The van der Waals surface area contributed by atoms with Crippen LogP contribution in [0.2, 0.25) is 0 Å². The molecule has 1 aliphatic rings. The zero-order valence-corrected chi connectivity index (χ0v) is 26.2. The Morgan fingerprint density at radius 2 is 1.85 bits per heavy atom. The Labute approximate surface area is 268 Å². The molecule has 47 heavy (non-hydrogen) atoms. The number of amides is 1. The van der Waals surface area contributed by atoms with Crippen molar-refractivity contribution in [2.75, 3.05) is 24.6 Å². The number of rotatable bonds is 7. The van der Waals surface area contributed by atoms with Gasteiger partial charge in [-0.2, -0.15) is 4.99 Å². The quantitative estimate of drug-likeness (QED) is 0.147. The number of furan rings is 1. The van der Waals surface area contributed by atoms with E-state index in [1.807, 2.05) is 4.57 Å². The summed E-state index contributed by atoms with van der Waals surface area (Å²) in [5.41, 5.74) is 3.27. The lowest BCUT2D eigenvalue weighted by atomic mass is 10.0. The number of nitrogens with one attached hydrogen (secondary N) is 1. The summed E-state index contributed by atoms with van der Waals surface area (Å²) in [5, 5.41) is 0.753. The van der Waals surface area contributed by atoms with E-state index in [9.17, 15) is 22.0 Å². The van der Waals surface area contributed by atoms with E-state index in [2.05, 4.69) is 9.71 Å². The van der Waals surface area contributed by atoms with Crippen LogP contribution in [0.25, 0.3) is 55.8 Å². The molecule has 0 radical (unpaired) electrons. The second kappa shape index (κ2) is 11.4. The van der Waals surface area contributed by atoms with Gasteiger partial charge in [-0.3, -0.25) is 9.52 Å². The third-order valence-corrected chi connectivity index (χ3v) is 9.11. The highest BCUT2D eigenvalue weighted by atomic mass is 32.2. The molecule has 1 amide bonds. The van der Waals surface area contributed by atoms with Gasteiger partial charge in [-0.05, 0) is 67.6 Å². The second-order valence-corrected chi connectivity index (χ2v) is 13.2. The Morgan fingerprint density at radius 1 is 1.06 bits per heavy atom. The molecule has 7 rings (SSSR count). The number of carbonyl (C=O) groups is 1. The highest BCUT2D eigenvalue weighted by Gasteiger charge is 2.27. The Kier molecular flexibility index (Phi) is 7.27. The number of aromatic nitrogens is 2. The summed E-state index contributed by atoms with van der Waals surface area (Å²) in [4.78, 5) is 24.2. The number of hydrogen-bond donors (Lipinski definition) is 1. The minimum Gasteiger partial charge on any atom is -0.470 e. The van der Waals surface area contributed by atoms with Crippen LogP contribution in [0.4, 0.5) is 14.5 Å². The van der Waals surface area contributed by atoms with Crippen molar-refractivity contribution in [1.82, 2.24) is 14.5 Å². The normalized spacial score (nSPS) is 12.7. The first-order valence-corrected chi connectivity index (χ1v) is 16.2. The van der Waals surface area contributed by atoms with Crippen LogP contribution in [-0.2, 0) is 16.8 Å². The van der Waals surface area contributed by atoms with Gasteiger partial charge in [0.1, 0.15) is 34.4 Å². The number of carbonyl (C=O) groups excluding carboxylic acids is 1. The Hall–Kier alpha value is -5.56. The monoisotopic (exact) mass is 655 g/mol. The molecule has 0 saturated heterocycles. The molecule has 3 aromatic heterocycles. The first kappa shape index (κ1) is 30.1. The van der Waals surface area contributed by atoms with Crippen LogP contribution in [0.5, 0.6) is 5.75 Å². The summed E-state index contributed by atoms with van der Waals surface area (Å²) in [5.74, 6) is -1.06. The van der Waals surface area contributed by atoms with Gasteiger partial charge in [0.15, 0.2) is 6.73 Å². The predicted molar refractivity (Wildman–Crippen MR) is 176 cm³/mol. The first-order valence-electron chi connectivity index (χ1n) is 14.6. The van der Waals surface area contributed by atoms with Gasteiger partial charge >= 0.3 is 0 Å². The second-order valence-electron chi connectivity index (χ2n) is 11.2. The lowest BCUT2D eigenvalue weighted by Crippen LogP contribution is -2.16. The fourth-order valence-corrected chi connectivity index (χ4v) is 6.19. The van der Waals surface area contributed by atoms with E-state index < -0.39 is 21.7 Å². The van der Waals surface area contributed by atoms with E-state index in [0.717, 1.165) is 0 Å². The number of ether oxygens (including phenoxy) is 1. The van der Waals surface area contributed by atoms with Crippen LogP contribution in [0.3, 0.4) is 0 Å². The highest BCUT2D eigenvalue weighted by molar-refractivity contribution is 7.92. The number of sulfonamides is 1.